The lowest BCUT2D eigenvalue weighted by molar-refractivity contribution is 0.0678. The van der Waals surface area contributed by atoms with Crippen molar-refractivity contribution in [2.45, 2.75) is 38.3 Å². The van der Waals surface area contributed by atoms with Crippen LogP contribution in [0.15, 0.2) is 29.3 Å². The zero-order valence-corrected chi connectivity index (χ0v) is 14.4. The van der Waals surface area contributed by atoms with Crippen molar-refractivity contribution >= 4 is 24.0 Å². The van der Waals surface area contributed by atoms with Crippen molar-refractivity contribution in [3.63, 3.8) is 0 Å². The van der Waals surface area contributed by atoms with Gasteiger partial charge >= 0.3 is 0 Å². The lowest BCUT2D eigenvalue weighted by Gasteiger charge is -2.27. The van der Waals surface area contributed by atoms with Crippen LogP contribution in [-0.2, 0) is 0 Å². The highest BCUT2D eigenvalue weighted by atomic mass is 35.5. The number of aryl methyl sites for hydroxylation is 1. The molecule has 2 saturated heterocycles. The number of hydrogen-bond acceptors (Lipinski definition) is 4. The summed E-state index contributed by atoms with van der Waals surface area (Å²) in [6, 6.07) is 4.12. The molecule has 2 aliphatic heterocycles. The van der Waals surface area contributed by atoms with Gasteiger partial charge in [-0.2, -0.15) is 0 Å². The molecule has 1 N–H and O–H groups in total. The number of amides is 1. The van der Waals surface area contributed by atoms with Gasteiger partial charge < -0.3 is 10.2 Å². The van der Waals surface area contributed by atoms with Crippen LogP contribution in [0.5, 0.6) is 0 Å². The molecule has 128 valence electrons. The molecule has 2 atom stereocenters. The standard InChI is InChI=1S/C17H20N4O2.ClH/c1-11-5-7-20-15(8-11)19-10-14(16(20)22)17(23)21-12-2-3-13(21)9-18-6-4-12;/h5,7-8,10,12-13,18H,2-4,6,9H2,1H3;1H. The van der Waals surface area contributed by atoms with E-state index in [-0.39, 0.29) is 41.5 Å². The third kappa shape index (κ3) is 2.70. The number of pyridine rings is 1. The maximum atomic E-state index is 13.0. The highest BCUT2D eigenvalue weighted by Gasteiger charge is 2.39. The molecule has 4 heterocycles. The second-order valence-corrected chi connectivity index (χ2v) is 6.50. The summed E-state index contributed by atoms with van der Waals surface area (Å²) in [5.74, 6) is -0.173. The fraction of sp³-hybridized carbons (Fsp3) is 0.471. The monoisotopic (exact) mass is 348 g/mol. The fourth-order valence-electron chi connectivity index (χ4n) is 3.78. The minimum atomic E-state index is -0.281. The van der Waals surface area contributed by atoms with Gasteiger partial charge in [0.05, 0.1) is 0 Å². The van der Waals surface area contributed by atoms with E-state index in [0.29, 0.717) is 5.65 Å². The summed E-state index contributed by atoms with van der Waals surface area (Å²) in [5.41, 5.74) is 1.50. The van der Waals surface area contributed by atoms with Gasteiger partial charge in [0.2, 0.25) is 0 Å². The van der Waals surface area contributed by atoms with E-state index in [2.05, 4.69) is 10.3 Å². The number of fused-ring (bicyclic) bond motifs is 3. The molecule has 0 radical (unpaired) electrons. The Morgan fingerprint density at radius 1 is 1.29 bits per heavy atom. The Bertz CT molecular complexity index is 821. The SMILES string of the molecule is Cc1ccn2c(=O)c(C(=O)N3C4CCNCC3CC4)cnc2c1.Cl. The van der Waals surface area contributed by atoms with E-state index in [1.165, 1.54) is 10.6 Å². The molecule has 2 fully saturated rings. The Hall–Kier alpha value is -1.92. The summed E-state index contributed by atoms with van der Waals surface area (Å²) < 4.78 is 1.46. The van der Waals surface area contributed by atoms with Gasteiger partial charge in [-0.05, 0) is 50.4 Å². The predicted molar refractivity (Wildman–Crippen MR) is 93.9 cm³/mol. The molecule has 0 spiro atoms. The van der Waals surface area contributed by atoms with Crippen LogP contribution in [-0.4, -0.2) is 45.4 Å². The molecule has 2 unspecified atom stereocenters. The van der Waals surface area contributed by atoms with E-state index >= 15 is 0 Å². The van der Waals surface area contributed by atoms with E-state index in [4.69, 9.17) is 0 Å². The van der Waals surface area contributed by atoms with Crippen molar-refractivity contribution in [2.75, 3.05) is 13.1 Å². The fourth-order valence-corrected chi connectivity index (χ4v) is 3.78. The zero-order chi connectivity index (χ0) is 16.0. The van der Waals surface area contributed by atoms with Crippen LogP contribution in [0.25, 0.3) is 5.65 Å². The van der Waals surface area contributed by atoms with Gasteiger partial charge in [0.15, 0.2) is 0 Å². The van der Waals surface area contributed by atoms with Crippen molar-refractivity contribution < 1.29 is 4.79 Å². The van der Waals surface area contributed by atoms with E-state index in [1.54, 1.807) is 6.20 Å². The van der Waals surface area contributed by atoms with Gasteiger partial charge in [-0.3, -0.25) is 14.0 Å². The lowest BCUT2D eigenvalue weighted by Crippen LogP contribution is -2.44. The largest absolute Gasteiger partial charge is 0.331 e. The average Bonchev–Trinajstić information content (AvgIpc) is 2.80. The van der Waals surface area contributed by atoms with E-state index in [1.807, 2.05) is 24.0 Å². The van der Waals surface area contributed by atoms with Crippen LogP contribution in [0, 0.1) is 6.92 Å². The van der Waals surface area contributed by atoms with Crippen molar-refractivity contribution in [1.29, 1.82) is 0 Å². The van der Waals surface area contributed by atoms with E-state index < -0.39 is 0 Å². The van der Waals surface area contributed by atoms with Crippen LogP contribution in [0.1, 0.15) is 35.2 Å². The Morgan fingerprint density at radius 3 is 2.92 bits per heavy atom. The number of carbonyl (C=O) groups is 1. The number of rotatable bonds is 1. The van der Waals surface area contributed by atoms with Crippen LogP contribution in [0.3, 0.4) is 0 Å². The molecule has 2 aliphatic rings. The maximum absolute atomic E-state index is 13.0. The Balaban J connectivity index is 0.00000169. The Kier molecular flexibility index (Phi) is 4.60. The highest BCUT2D eigenvalue weighted by molar-refractivity contribution is 5.94. The average molecular weight is 349 g/mol. The van der Waals surface area contributed by atoms with Crippen LogP contribution in [0.2, 0.25) is 0 Å². The lowest BCUT2D eigenvalue weighted by atomic mass is 10.1. The van der Waals surface area contributed by atoms with Gasteiger partial charge in [-0.15, -0.1) is 12.4 Å². The molecular weight excluding hydrogens is 328 g/mol. The molecule has 7 heteroatoms. The molecular formula is C17H21ClN4O2. The molecule has 0 aliphatic carbocycles. The highest BCUT2D eigenvalue weighted by Crippen LogP contribution is 2.29. The summed E-state index contributed by atoms with van der Waals surface area (Å²) in [5, 5.41) is 3.37. The predicted octanol–water partition coefficient (Wildman–Crippen LogP) is 1.39. The van der Waals surface area contributed by atoms with Crippen molar-refractivity contribution in [2.24, 2.45) is 0 Å². The number of nitrogens with one attached hydrogen (secondary N) is 1. The first-order valence-corrected chi connectivity index (χ1v) is 8.16. The first kappa shape index (κ1) is 16.9. The number of nitrogens with zero attached hydrogens (tertiary/aromatic N) is 3. The van der Waals surface area contributed by atoms with Crippen molar-refractivity contribution in [3.8, 4) is 0 Å². The summed E-state index contributed by atoms with van der Waals surface area (Å²) in [7, 11) is 0. The molecule has 0 saturated carbocycles. The molecule has 4 rings (SSSR count). The van der Waals surface area contributed by atoms with E-state index in [0.717, 1.165) is 37.9 Å². The summed E-state index contributed by atoms with van der Waals surface area (Å²) in [6.45, 7) is 3.69. The Labute approximate surface area is 146 Å². The number of carbonyl (C=O) groups excluding carboxylic acids is 1. The van der Waals surface area contributed by atoms with Gasteiger partial charge in [0.25, 0.3) is 11.5 Å². The van der Waals surface area contributed by atoms with Gasteiger partial charge in [0.1, 0.15) is 11.2 Å². The first-order valence-electron chi connectivity index (χ1n) is 8.16. The molecule has 1 amide bonds. The minimum absolute atomic E-state index is 0. The molecule has 6 nitrogen and oxygen atoms in total. The summed E-state index contributed by atoms with van der Waals surface area (Å²) >= 11 is 0. The second-order valence-electron chi connectivity index (χ2n) is 6.50. The Morgan fingerprint density at radius 2 is 2.08 bits per heavy atom. The maximum Gasteiger partial charge on any atom is 0.270 e. The third-order valence-electron chi connectivity index (χ3n) is 4.98. The van der Waals surface area contributed by atoms with Gasteiger partial charge in [-0.25, -0.2) is 4.98 Å². The summed E-state index contributed by atoms with van der Waals surface area (Å²) in [6.07, 6.45) is 6.11. The number of aromatic nitrogens is 2. The minimum Gasteiger partial charge on any atom is -0.331 e. The van der Waals surface area contributed by atoms with Gasteiger partial charge in [-0.1, -0.05) is 0 Å². The first-order chi connectivity index (χ1) is 11.1. The van der Waals surface area contributed by atoms with Crippen molar-refractivity contribution in [1.82, 2.24) is 19.6 Å². The molecule has 24 heavy (non-hydrogen) atoms. The number of halogens is 1. The van der Waals surface area contributed by atoms with Crippen LogP contribution >= 0.6 is 12.4 Å². The van der Waals surface area contributed by atoms with Gasteiger partial charge in [0, 0.05) is 31.0 Å². The normalized spacial score (nSPS) is 23.0. The molecule has 2 aromatic rings. The molecule has 2 aromatic heterocycles. The summed E-state index contributed by atoms with van der Waals surface area (Å²) in [4.78, 5) is 31.9. The smallest absolute Gasteiger partial charge is 0.270 e. The number of hydrogen-bond donors (Lipinski definition) is 1. The van der Waals surface area contributed by atoms with Crippen LogP contribution in [0.4, 0.5) is 0 Å². The third-order valence-corrected chi connectivity index (χ3v) is 4.98. The van der Waals surface area contributed by atoms with Crippen molar-refractivity contribution in [3.05, 3.63) is 46.0 Å². The van der Waals surface area contributed by atoms with Crippen LogP contribution < -0.4 is 10.9 Å². The topological polar surface area (TPSA) is 66.7 Å². The quantitative estimate of drug-likeness (QED) is 0.845. The second kappa shape index (κ2) is 6.53. The molecule has 2 bridgehead atoms. The van der Waals surface area contributed by atoms with E-state index in [9.17, 15) is 9.59 Å². The zero-order valence-electron chi connectivity index (χ0n) is 13.6. The molecule has 0 aromatic carbocycles.